The number of hydrogen-bond acceptors (Lipinski definition) is 3. The third-order valence-corrected chi connectivity index (χ3v) is 3.01. The molecule has 1 heterocycles. The van der Waals surface area contributed by atoms with Crippen molar-refractivity contribution in [2.75, 3.05) is 0 Å². The Morgan fingerprint density at radius 1 is 1.44 bits per heavy atom. The van der Waals surface area contributed by atoms with Crippen molar-refractivity contribution in [3.8, 4) is 0 Å². The van der Waals surface area contributed by atoms with Crippen LogP contribution in [0, 0.1) is 6.92 Å². The molecule has 0 aliphatic rings. The Labute approximate surface area is 98.3 Å². The molecule has 0 saturated heterocycles. The van der Waals surface area contributed by atoms with Crippen LogP contribution in [0.25, 0.3) is 0 Å². The molecule has 0 fully saturated rings. The predicted molar refractivity (Wildman–Crippen MR) is 62.9 cm³/mol. The zero-order valence-corrected chi connectivity index (χ0v) is 10.4. The van der Waals surface area contributed by atoms with Crippen molar-refractivity contribution in [3.05, 3.63) is 21.9 Å². The third-order valence-electron chi connectivity index (χ3n) is 2.01. The van der Waals surface area contributed by atoms with E-state index >= 15 is 0 Å². The van der Waals surface area contributed by atoms with Crippen LogP contribution in [0.1, 0.15) is 34.8 Å². The second-order valence-electron chi connectivity index (χ2n) is 4.32. The normalized spacial score (nSPS) is 11.2. The molecule has 4 nitrogen and oxygen atoms in total. The van der Waals surface area contributed by atoms with Crippen LogP contribution in [0.5, 0.6) is 0 Å². The average Bonchev–Trinajstić information content (AvgIpc) is 2.47. The van der Waals surface area contributed by atoms with Gasteiger partial charge < -0.3 is 10.4 Å². The van der Waals surface area contributed by atoms with Gasteiger partial charge in [-0.2, -0.15) is 0 Å². The Kier molecular flexibility index (Phi) is 3.70. The molecule has 16 heavy (non-hydrogen) atoms. The maximum Gasteiger partial charge on any atom is 0.305 e. The van der Waals surface area contributed by atoms with Gasteiger partial charge in [-0.25, -0.2) is 0 Å². The molecule has 1 aromatic heterocycles. The average molecular weight is 241 g/mol. The lowest BCUT2D eigenvalue weighted by Crippen LogP contribution is -2.44. The SMILES string of the molecule is Cc1ccc(C(=O)NC(C)(C)CC(=O)O)s1. The largest absolute Gasteiger partial charge is 0.481 e. The number of carboxylic acid groups (broad SMARTS) is 1. The molecular formula is C11H15NO3S. The zero-order valence-electron chi connectivity index (χ0n) is 9.53. The lowest BCUT2D eigenvalue weighted by atomic mass is 10.0. The van der Waals surface area contributed by atoms with Gasteiger partial charge in [0.1, 0.15) is 0 Å². The lowest BCUT2D eigenvalue weighted by Gasteiger charge is -2.23. The van der Waals surface area contributed by atoms with E-state index in [4.69, 9.17) is 5.11 Å². The quantitative estimate of drug-likeness (QED) is 0.847. The summed E-state index contributed by atoms with van der Waals surface area (Å²) in [6.07, 6.45) is -0.0941. The zero-order chi connectivity index (χ0) is 12.3. The van der Waals surface area contributed by atoms with E-state index in [1.54, 1.807) is 19.9 Å². The van der Waals surface area contributed by atoms with Gasteiger partial charge >= 0.3 is 5.97 Å². The van der Waals surface area contributed by atoms with E-state index in [-0.39, 0.29) is 12.3 Å². The highest BCUT2D eigenvalue weighted by Crippen LogP contribution is 2.17. The molecule has 0 radical (unpaired) electrons. The lowest BCUT2D eigenvalue weighted by molar-refractivity contribution is -0.138. The van der Waals surface area contributed by atoms with Crippen LogP contribution in [0.2, 0.25) is 0 Å². The van der Waals surface area contributed by atoms with Gasteiger partial charge in [-0.3, -0.25) is 9.59 Å². The molecular weight excluding hydrogens is 226 g/mol. The molecule has 1 amide bonds. The number of carbonyl (C=O) groups is 2. The second kappa shape index (κ2) is 4.65. The van der Waals surface area contributed by atoms with Gasteiger partial charge in [0.2, 0.25) is 0 Å². The van der Waals surface area contributed by atoms with Crippen LogP contribution in [-0.4, -0.2) is 22.5 Å². The molecule has 0 bridgehead atoms. The molecule has 0 aliphatic carbocycles. The standard InChI is InChI=1S/C11H15NO3S/c1-7-4-5-8(16-7)10(15)12-11(2,3)6-9(13)14/h4-5H,6H2,1-3H3,(H,12,15)(H,13,14). The van der Waals surface area contributed by atoms with Gasteiger partial charge in [-0.15, -0.1) is 11.3 Å². The Bertz CT molecular complexity index is 409. The first-order valence-electron chi connectivity index (χ1n) is 4.91. The van der Waals surface area contributed by atoms with E-state index in [9.17, 15) is 9.59 Å². The molecule has 0 saturated carbocycles. The summed E-state index contributed by atoms with van der Waals surface area (Å²) in [5, 5.41) is 11.4. The minimum absolute atomic E-state index is 0.0941. The molecule has 2 N–H and O–H groups in total. The molecule has 0 aliphatic heterocycles. The summed E-state index contributed by atoms with van der Waals surface area (Å²) in [7, 11) is 0. The Balaban J connectivity index is 2.67. The fourth-order valence-electron chi connectivity index (χ4n) is 1.35. The van der Waals surface area contributed by atoms with Crippen molar-refractivity contribution in [1.29, 1.82) is 0 Å². The summed E-state index contributed by atoms with van der Waals surface area (Å²) >= 11 is 1.40. The fourth-order valence-corrected chi connectivity index (χ4v) is 2.11. The summed E-state index contributed by atoms with van der Waals surface area (Å²) in [5.41, 5.74) is -0.735. The van der Waals surface area contributed by atoms with Gasteiger partial charge in [0.05, 0.1) is 11.3 Å². The minimum Gasteiger partial charge on any atom is -0.481 e. The van der Waals surface area contributed by atoms with E-state index < -0.39 is 11.5 Å². The van der Waals surface area contributed by atoms with E-state index in [0.29, 0.717) is 4.88 Å². The van der Waals surface area contributed by atoms with E-state index in [1.165, 1.54) is 11.3 Å². The summed E-state index contributed by atoms with van der Waals surface area (Å²) in [5.74, 6) is -1.14. The van der Waals surface area contributed by atoms with Gasteiger partial charge in [-0.1, -0.05) is 0 Å². The van der Waals surface area contributed by atoms with Crippen LogP contribution in [0.3, 0.4) is 0 Å². The first kappa shape index (κ1) is 12.7. The van der Waals surface area contributed by atoms with E-state index in [0.717, 1.165) is 4.88 Å². The van der Waals surface area contributed by atoms with E-state index in [2.05, 4.69) is 5.32 Å². The molecule has 1 aromatic rings. The molecule has 0 spiro atoms. The summed E-state index contributed by atoms with van der Waals surface area (Å²) in [6, 6.07) is 3.61. The molecule has 5 heteroatoms. The van der Waals surface area contributed by atoms with Crippen molar-refractivity contribution in [2.24, 2.45) is 0 Å². The van der Waals surface area contributed by atoms with Crippen LogP contribution in [-0.2, 0) is 4.79 Å². The van der Waals surface area contributed by atoms with Gasteiger partial charge in [0.25, 0.3) is 5.91 Å². The van der Waals surface area contributed by atoms with Crippen LogP contribution in [0.15, 0.2) is 12.1 Å². The van der Waals surface area contributed by atoms with Gasteiger partial charge in [0, 0.05) is 10.4 Å². The summed E-state index contributed by atoms with van der Waals surface area (Å²) < 4.78 is 0. The molecule has 0 unspecified atom stereocenters. The predicted octanol–water partition coefficient (Wildman–Crippen LogP) is 2.04. The molecule has 0 atom stereocenters. The van der Waals surface area contributed by atoms with Gasteiger partial charge in [0.15, 0.2) is 0 Å². The molecule has 1 rings (SSSR count). The minimum atomic E-state index is -0.923. The monoisotopic (exact) mass is 241 g/mol. The molecule has 0 aromatic carbocycles. The van der Waals surface area contributed by atoms with Crippen LogP contribution in [0.4, 0.5) is 0 Å². The number of aryl methyl sites for hydroxylation is 1. The second-order valence-corrected chi connectivity index (χ2v) is 5.61. The number of carboxylic acids is 1. The number of aliphatic carboxylic acids is 1. The van der Waals surface area contributed by atoms with Crippen LogP contribution >= 0.6 is 11.3 Å². The first-order chi connectivity index (χ1) is 7.30. The summed E-state index contributed by atoms with van der Waals surface area (Å²) in [6.45, 7) is 5.31. The van der Waals surface area contributed by atoms with Crippen molar-refractivity contribution < 1.29 is 14.7 Å². The number of rotatable bonds is 4. The summed E-state index contributed by atoms with van der Waals surface area (Å²) in [4.78, 5) is 24.0. The smallest absolute Gasteiger partial charge is 0.305 e. The van der Waals surface area contributed by atoms with Crippen molar-refractivity contribution in [2.45, 2.75) is 32.7 Å². The van der Waals surface area contributed by atoms with E-state index in [1.807, 2.05) is 13.0 Å². The number of nitrogens with one attached hydrogen (secondary N) is 1. The maximum absolute atomic E-state index is 11.8. The fraction of sp³-hybridized carbons (Fsp3) is 0.455. The highest BCUT2D eigenvalue weighted by molar-refractivity contribution is 7.13. The maximum atomic E-state index is 11.8. The van der Waals surface area contributed by atoms with Crippen molar-refractivity contribution in [1.82, 2.24) is 5.32 Å². The van der Waals surface area contributed by atoms with Gasteiger partial charge in [-0.05, 0) is 32.9 Å². The first-order valence-corrected chi connectivity index (χ1v) is 5.72. The number of thiophene rings is 1. The van der Waals surface area contributed by atoms with Crippen molar-refractivity contribution >= 4 is 23.2 Å². The number of hydrogen-bond donors (Lipinski definition) is 2. The Morgan fingerprint density at radius 2 is 2.06 bits per heavy atom. The number of amides is 1. The highest BCUT2D eigenvalue weighted by atomic mass is 32.1. The molecule has 88 valence electrons. The topological polar surface area (TPSA) is 66.4 Å². The number of carbonyl (C=O) groups excluding carboxylic acids is 1. The Hall–Kier alpha value is -1.36. The van der Waals surface area contributed by atoms with Crippen LogP contribution < -0.4 is 5.32 Å². The Morgan fingerprint density at radius 3 is 2.50 bits per heavy atom. The van der Waals surface area contributed by atoms with Crippen molar-refractivity contribution in [3.63, 3.8) is 0 Å². The highest BCUT2D eigenvalue weighted by Gasteiger charge is 2.24. The third kappa shape index (κ3) is 3.66.